The van der Waals surface area contributed by atoms with E-state index < -0.39 is 0 Å². The van der Waals surface area contributed by atoms with Crippen molar-refractivity contribution < 1.29 is 9.32 Å². The summed E-state index contributed by atoms with van der Waals surface area (Å²) in [4.78, 5) is 11.8. The second-order valence-electron chi connectivity index (χ2n) is 5.30. The van der Waals surface area contributed by atoms with Crippen molar-refractivity contribution in [1.82, 2.24) is 25.5 Å². The first-order valence-corrected chi connectivity index (χ1v) is 6.86. The maximum Gasteiger partial charge on any atom is 0.247 e. The molecule has 1 amide bonds. The molecular formula is C13H20N6O2. The Hall–Kier alpha value is -2.22. The van der Waals surface area contributed by atoms with E-state index in [-0.39, 0.29) is 12.5 Å². The Morgan fingerprint density at radius 1 is 1.48 bits per heavy atom. The number of nitrogens with zero attached hydrogens (tertiary/aromatic N) is 4. The van der Waals surface area contributed by atoms with Gasteiger partial charge in [0.05, 0.1) is 11.9 Å². The number of hydrogen-bond donors (Lipinski definition) is 2. The summed E-state index contributed by atoms with van der Waals surface area (Å²) in [6.07, 6.45) is 1.75. The van der Waals surface area contributed by atoms with Gasteiger partial charge in [0.2, 0.25) is 5.91 Å². The summed E-state index contributed by atoms with van der Waals surface area (Å²) in [5.74, 6) is 1.40. The van der Waals surface area contributed by atoms with E-state index in [0.29, 0.717) is 24.0 Å². The van der Waals surface area contributed by atoms with Gasteiger partial charge >= 0.3 is 0 Å². The van der Waals surface area contributed by atoms with Gasteiger partial charge in [-0.3, -0.25) is 4.79 Å². The molecule has 0 aliphatic heterocycles. The van der Waals surface area contributed by atoms with Crippen molar-refractivity contribution in [1.29, 1.82) is 0 Å². The van der Waals surface area contributed by atoms with Crippen LogP contribution in [-0.2, 0) is 17.9 Å². The smallest absolute Gasteiger partial charge is 0.247 e. The first-order chi connectivity index (χ1) is 10.0. The number of carbonyl (C=O) groups is 1. The van der Waals surface area contributed by atoms with Crippen LogP contribution in [-0.4, -0.2) is 32.6 Å². The van der Waals surface area contributed by atoms with Crippen LogP contribution in [0.5, 0.6) is 0 Å². The average molecular weight is 292 g/mol. The van der Waals surface area contributed by atoms with Crippen LogP contribution in [0, 0.1) is 12.8 Å². The second-order valence-corrected chi connectivity index (χ2v) is 5.30. The fraction of sp³-hybridized carbons (Fsp3) is 0.538. The molecule has 0 saturated carbocycles. The summed E-state index contributed by atoms with van der Waals surface area (Å²) < 4.78 is 6.37. The van der Waals surface area contributed by atoms with Crippen LogP contribution < -0.4 is 10.6 Å². The van der Waals surface area contributed by atoms with Gasteiger partial charge in [0, 0.05) is 12.6 Å². The van der Waals surface area contributed by atoms with Crippen LogP contribution in [0.15, 0.2) is 16.8 Å². The Morgan fingerprint density at radius 2 is 2.29 bits per heavy atom. The van der Waals surface area contributed by atoms with Crippen LogP contribution in [0.3, 0.4) is 0 Å². The second kappa shape index (κ2) is 6.98. The van der Waals surface area contributed by atoms with Gasteiger partial charge in [-0.15, -0.1) is 5.10 Å². The van der Waals surface area contributed by atoms with Crippen LogP contribution >= 0.6 is 0 Å². The lowest BCUT2D eigenvalue weighted by Gasteiger charge is -2.04. The van der Waals surface area contributed by atoms with Crippen LogP contribution in [0.1, 0.15) is 25.3 Å². The minimum absolute atomic E-state index is 0.0864. The molecule has 0 spiro atoms. The highest BCUT2D eigenvalue weighted by molar-refractivity contribution is 5.89. The van der Waals surface area contributed by atoms with E-state index in [2.05, 4.69) is 39.9 Å². The first kappa shape index (κ1) is 15.2. The predicted molar refractivity (Wildman–Crippen MR) is 76.4 cm³/mol. The number of nitrogens with one attached hydrogen (secondary N) is 2. The Labute approximate surface area is 122 Å². The van der Waals surface area contributed by atoms with Gasteiger partial charge in [-0.1, -0.05) is 24.2 Å². The normalized spacial score (nSPS) is 11.0. The lowest BCUT2D eigenvalue weighted by atomic mass is 10.2. The highest BCUT2D eigenvalue weighted by atomic mass is 16.5. The molecule has 0 aliphatic rings. The summed E-state index contributed by atoms with van der Waals surface area (Å²) in [6, 6.07) is 1.65. The molecule has 2 rings (SSSR count). The predicted octanol–water partition coefficient (Wildman–Crippen LogP) is 0.959. The monoisotopic (exact) mass is 292 g/mol. The summed E-state index contributed by atoms with van der Waals surface area (Å²) >= 11 is 0. The number of aryl methyl sites for hydroxylation is 1. The summed E-state index contributed by atoms with van der Waals surface area (Å²) in [7, 11) is 0. The molecule has 8 heteroatoms. The van der Waals surface area contributed by atoms with Gasteiger partial charge in [-0.05, 0) is 19.4 Å². The third-order valence-corrected chi connectivity index (χ3v) is 2.65. The van der Waals surface area contributed by atoms with Crippen LogP contribution in [0.25, 0.3) is 0 Å². The maximum absolute atomic E-state index is 11.8. The number of hydrogen-bond acceptors (Lipinski definition) is 6. The molecule has 0 bridgehead atoms. The molecule has 2 aromatic heterocycles. The van der Waals surface area contributed by atoms with Gasteiger partial charge in [0.25, 0.3) is 0 Å². The van der Waals surface area contributed by atoms with E-state index in [1.165, 1.54) is 4.68 Å². The molecule has 2 N–H and O–H groups in total. The number of rotatable bonds is 7. The van der Waals surface area contributed by atoms with Crippen molar-refractivity contribution in [2.75, 3.05) is 11.9 Å². The molecule has 0 radical (unpaired) electrons. The van der Waals surface area contributed by atoms with Gasteiger partial charge in [-0.2, -0.15) is 0 Å². The number of anilines is 1. The van der Waals surface area contributed by atoms with E-state index in [9.17, 15) is 4.79 Å². The topological polar surface area (TPSA) is 97.9 Å². The Bertz CT molecular complexity index is 589. The van der Waals surface area contributed by atoms with Crippen molar-refractivity contribution in [3.8, 4) is 0 Å². The lowest BCUT2D eigenvalue weighted by molar-refractivity contribution is -0.117. The number of carbonyl (C=O) groups excluding carboxylic acids is 1. The van der Waals surface area contributed by atoms with Crippen molar-refractivity contribution in [2.45, 2.75) is 33.9 Å². The van der Waals surface area contributed by atoms with Crippen molar-refractivity contribution in [2.24, 2.45) is 5.92 Å². The molecule has 114 valence electrons. The standard InChI is InChI=1S/C13H20N6O2/c1-9(2)5-14-6-11-7-19(18-16-11)8-13(20)15-12-4-10(3)21-17-12/h4,7,9,14H,5-6,8H2,1-3H3,(H,15,17,20). The zero-order valence-electron chi connectivity index (χ0n) is 12.5. The molecule has 0 fully saturated rings. The fourth-order valence-electron chi connectivity index (χ4n) is 1.74. The van der Waals surface area contributed by atoms with Gasteiger partial charge in [0.1, 0.15) is 12.3 Å². The zero-order chi connectivity index (χ0) is 15.2. The van der Waals surface area contributed by atoms with Crippen molar-refractivity contribution in [3.63, 3.8) is 0 Å². The SMILES string of the molecule is Cc1cc(NC(=O)Cn2cc(CNCC(C)C)nn2)no1. The van der Waals surface area contributed by atoms with Crippen molar-refractivity contribution in [3.05, 3.63) is 23.7 Å². The van der Waals surface area contributed by atoms with Gasteiger partial charge < -0.3 is 15.2 Å². The first-order valence-electron chi connectivity index (χ1n) is 6.86. The molecule has 2 heterocycles. The van der Waals surface area contributed by atoms with Crippen LogP contribution in [0.4, 0.5) is 5.82 Å². The van der Waals surface area contributed by atoms with E-state index in [1.54, 1.807) is 19.2 Å². The Morgan fingerprint density at radius 3 is 2.95 bits per heavy atom. The molecule has 0 unspecified atom stereocenters. The molecule has 0 saturated heterocycles. The molecule has 21 heavy (non-hydrogen) atoms. The summed E-state index contributed by atoms with van der Waals surface area (Å²) in [6.45, 7) is 7.68. The summed E-state index contributed by atoms with van der Waals surface area (Å²) in [5, 5.41) is 17.5. The molecule has 0 aliphatic carbocycles. The van der Waals surface area contributed by atoms with Crippen molar-refractivity contribution >= 4 is 11.7 Å². The number of amides is 1. The van der Waals surface area contributed by atoms with E-state index in [0.717, 1.165) is 12.2 Å². The Balaban J connectivity index is 1.80. The van der Waals surface area contributed by atoms with Gasteiger partial charge in [0.15, 0.2) is 5.82 Å². The van der Waals surface area contributed by atoms with Crippen LogP contribution in [0.2, 0.25) is 0 Å². The highest BCUT2D eigenvalue weighted by Crippen LogP contribution is 2.06. The molecule has 8 nitrogen and oxygen atoms in total. The summed E-state index contributed by atoms with van der Waals surface area (Å²) in [5.41, 5.74) is 0.806. The molecule has 2 aromatic rings. The maximum atomic E-state index is 11.8. The minimum Gasteiger partial charge on any atom is -0.360 e. The quantitative estimate of drug-likeness (QED) is 0.788. The number of aromatic nitrogens is 4. The fourth-order valence-corrected chi connectivity index (χ4v) is 1.74. The van der Waals surface area contributed by atoms with E-state index in [1.807, 2.05) is 0 Å². The third kappa shape index (κ3) is 4.99. The van der Waals surface area contributed by atoms with E-state index in [4.69, 9.17) is 4.52 Å². The van der Waals surface area contributed by atoms with E-state index >= 15 is 0 Å². The highest BCUT2D eigenvalue weighted by Gasteiger charge is 2.09. The zero-order valence-corrected chi connectivity index (χ0v) is 12.5. The minimum atomic E-state index is -0.227. The van der Waals surface area contributed by atoms with Gasteiger partial charge in [-0.25, -0.2) is 4.68 Å². The molecule has 0 aromatic carbocycles. The Kier molecular flexibility index (Phi) is 5.04. The average Bonchev–Trinajstić information content (AvgIpc) is 2.98. The molecule has 0 atom stereocenters. The molecular weight excluding hydrogens is 272 g/mol. The third-order valence-electron chi connectivity index (χ3n) is 2.65. The largest absolute Gasteiger partial charge is 0.360 e. The lowest BCUT2D eigenvalue weighted by Crippen LogP contribution is -2.20.